The third-order valence-electron chi connectivity index (χ3n) is 5.62. The van der Waals surface area contributed by atoms with Crippen molar-refractivity contribution in [2.45, 2.75) is 56.8 Å². The first kappa shape index (κ1) is 16.7. The summed E-state index contributed by atoms with van der Waals surface area (Å²) in [6, 6.07) is 8.31. The molecular formula is C19H29NO3. The van der Waals surface area contributed by atoms with Crippen molar-refractivity contribution in [1.82, 2.24) is 4.90 Å². The number of rotatable bonds is 4. The number of aliphatic hydroxyl groups is 1. The lowest BCUT2D eigenvalue weighted by molar-refractivity contribution is -0.179. The molecule has 0 radical (unpaired) electrons. The molecule has 0 bridgehead atoms. The number of benzene rings is 1. The molecule has 1 aromatic carbocycles. The fourth-order valence-electron chi connectivity index (χ4n) is 3.93. The second kappa shape index (κ2) is 6.80. The van der Waals surface area contributed by atoms with Crippen LogP contribution in [0.3, 0.4) is 0 Å². The highest BCUT2D eigenvalue weighted by molar-refractivity contribution is 5.27. The summed E-state index contributed by atoms with van der Waals surface area (Å²) in [6.07, 6.45) is 4.44. The predicted octanol–water partition coefficient (Wildman–Crippen LogP) is 2.98. The Hall–Kier alpha value is -1.10. The zero-order valence-electron chi connectivity index (χ0n) is 14.4. The van der Waals surface area contributed by atoms with Gasteiger partial charge in [-0.3, -0.25) is 4.90 Å². The molecule has 128 valence electrons. The van der Waals surface area contributed by atoms with Crippen LogP contribution in [0.15, 0.2) is 24.3 Å². The van der Waals surface area contributed by atoms with Gasteiger partial charge in [-0.25, -0.2) is 0 Å². The number of methoxy groups -OCH3 is 1. The van der Waals surface area contributed by atoms with Crippen LogP contribution >= 0.6 is 0 Å². The lowest BCUT2D eigenvalue weighted by Gasteiger charge is -2.49. The molecular weight excluding hydrogens is 290 g/mol. The quantitative estimate of drug-likeness (QED) is 0.926. The molecule has 4 heteroatoms. The first-order valence-corrected chi connectivity index (χ1v) is 8.78. The van der Waals surface area contributed by atoms with E-state index in [0.717, 1.165) is 57.5 Å². The van der Waals surface area contributed by atoms with Gasteiger partial charge in [0.15, 0.2) is 0 Å². The van der Waals surface area contributed by atoms with Crippen molar-refractivity contribution in [3.05, 3.63) is 29.8 Å². The summed E-state index contributed by atoms with van der Waals surface area (Å²) in [5.74, 6) is 0.904. The largest absolute Gasteiger partial charge is 0.497 e. The van der Waals surface area contributed by atoms with E-state index >= 15 is 0 Å². The van der Waals surface area contributed by atoms with Gasteiger partial charge < -0.3 is 14.6 Å². The van der Waals surface area contributed by atoms with Crippen LogP contribution in [0.25, 0.3) is 0 Å². The summed E-state index contributed by atoms with van der Waals surface area (Å²) in [7, 11) is 1.70. The summed E-state index contributed by atoms with van der Waals surface area (Å²) in [6.45, 7) is 5.82. The van der Waals surface area contributed by atoms with E-state index in [2.05, 4.69) is 24.0 Å². The standard InChI is InChI=1S/C19H29NO3/c1-3-18(21)10-13-23-19(15-18)8-11-20(12-9-19)14-16-4-6-17(22-2)7-5-16/h4-7,21H,3,8-15H2,1-2H3. The molecule has 2 aliphatic heterocycles. The van der Waals surface area contributed by atoms with Gasteiger partial charge in [-0.2, -0.15) is 0 Å². The van der Waals surface area contributed by atoms with E-state index in [4.69, 9.17) is 9.47 Å². The van der Waals surface area contributed by atoms with E-state index in [0.29, 0.717) is 6.61 Å². The Morgan fingerprint density at radius 1 is 1.17 bits per heavy atom. The third-order valence-corrected chi connectivity index (χ3v) is 5.62. The van der Waals surface area contributed by atoms with Crippen molar-refractivity contribution in [2.75, 3.05) is 26.8 Å². The van der Waals surface area contributed by atoms with Gasteiger partial charge in [0.2, 0.25) is 0 Å². The van der Waals surface area contributed by atoms with Gasteiger partial charge in [-0.05, 0) is 43.4 Å². The van der Waals surface area contributed by atoms with Crippen LogP contribution in [0.4, 0.5) is 0 Å². The molecule has 1 N–H and O–H groups in total. The van der Waals surface area contributed by atoms with Gasteiger partial charge in [0.05, 0.1) is 24.9 Å². The monoisotopic (exact) mass is 319 g/mol. The molecule has 0 aromatic heterocycles. The van der Waals surface area contributed by atoms with Gasteiger partial charge in [-0.1, -0.05) is 19.1 Å². The third kappa shape index (κ3) is 3.87. The zero-order valence-corrected chi connectivity index (χ0v) is 14.4. The molecule has 1 unspecified atom stereocenters. The maximum atomic E-state index is 10.6. The van der Waals surface area contributed by atoms with Crippen molar-refractivity contribution in [1.29, 1.82) is 0 Å². The second-order valence-corrected chi connectivity index (χ2v) is 7.16. The molecule has 0 amide bonds. The Bertz CT molecular complexity index is 508. The number of nitrogens with zero attached hydrogens (tertiary/aromatic N) is 1. The van der Waals surface area contributed by atoms with Crippen LogP contribution in [0.5, 0.6) is 5.75 Å². The molecule has 1 atom stereocenters. The smallest absolute Gasteiger partial charge is 0.118 e. The second-order valence-electron chi connectivity index (χ2n) is 7.16. The number of hydrogen-bond donors (Lipinski definition) is 1. The lowest BCUT2D eigenvalue weighted by atomic mass is 9.76. The molecule has 0 aliphatic carbocycles. The van der Waals surface area contributed by atoms with E-state index in [1.807, 2.05) is 12.1 Å². The minimum atomic E-state index is -0.517. The molecule has 3 rings (SSSR count). The molecule has 1 spiro atoms. The molecule has 2 aliphatic rings. The average molecular weight is 319 g/mol. The van der Waals surface area contributed by atoms with Crippen LogP contribution in [0, 0.1) is 0 Å². The Labute approximate surface area is 139 Å². The minimum Gasteiger partial charge on any atom is -0.497 e. The Morgan fingerprint density at radius 2 is 1.87 bits per heavy atom. The van der Waals surface area contributed by atoms with Crippen molar-refractivity contribution >= 4 is 0 Å². The predicted molar refractivity (Wildman–Crippen MR) is 90.7 cm³/mol. The molecule has 4 nitrogen and oxygen atoms in total. The highest BCUT2D eigenvalue weighted by atomic mass is 16.5. The molecule has 23 heavy (non-hydrogen) atoms. The molecule has 0 saturated carbocycles. The summed E-state index contributed by atoms with van der Waals surface area (Å²) in [5, 5.41) is 10.6. The van der Waals surface area contributed by atoms with Crippen molar-refractivity contribution < 1.29 is 14.6 Å². The number of likely N-dealkylation sites (tertiary alicyclic amines) is 1. The van der Waals surface area contributed by atoms with Gasteiger partial charge >= 0.3 is 0 Å². The van der Waals surface area contributed by atoms with E-state index in [1.54, 1.807) is 7.11 Å². The van der Waals surface area contributed by atoms with Crippen molar-refractivity contribution in [2.24, 2.45) is 0 Å². The fraction of sp³-hybridized carbons (Fsp3) is 0.684. The van der Waals surface area contributed by atoms with Crippen molar-refractivity contribution in [3.8, 4) is 5.75 Å². The number of hydrogen-bond acceptors (Lipinski definition) is 4. The SMILES string of the molecule is CCC1(O)CCOC2(CCN(Cc3ccc(OC)cc3)CC2)C1. The summed E-state index contributed by atoms with van der Waals surface area (Å²) < 4.78 is 11.3. The molecule has 2 fully saturated rings. The van der Waals surface area contributed by atoms with E-state index in [-0.39, 0.29) is 5.60 Å². The normalized spacial score (nSPS) is 28.0. The van der Waals surface area contributed by atoms with Crippen LogP contribution in [-0.4, -0.2) is 48.0 Å². The Balaban J connectivity index is 1.55. The first-order chi connectivity index (χ1) is 11.1. The van der Waals surface area contributed by atoms with Gasteiger partial charge in [0, 0.05) is 26.1 Å². The topological polar surface area (TPSA) is 41.9 Å². The Morgan fingerprint density at radius 3 is 2.48 bits per heavy atom. The number of ether oxygens (including phenoxy) is 2. The maximum Gasteiger partial charge on any atom is 0.118 e. The average Bonchev–Trinajstić information content (AvgIpc) is 2.58. The van der Waals surface area contributed by atoms with Crippen LogP contribution in [0.2, 0.25) is 0 Å². The van der Waals surface area contributed by atoms with Gasteiger partial charge in [-0.15, -0.1) is 0 Å². The lowest BCUT2D eigenvalue weighted by Crippen LogP contribution is -2.54. The van der Waals surface area contributed by atoms with Gasteiger partial charge in [0.1, 0.15) is 5.75 Å². The first-order valence-electron chi connectivity index (χ1n) is 8.78. The highest BCUT2D eigenvalue weighted by Gasteiger charge is 2.45. The Kier molecular flexibility index (Phi) is 4.95. The summed E-state index contributed by atoms with van der Waals surface area (Å²) in [4.78, 5) is 2.48. The fourth-order valence-corrected chi connectivity index (χ4v) is 3.93. The number of piperidine rings is 1. The van der Waals surface area contributed by atoms with Gasteiger partial charge in [0.25, 0.3) is 0 Å². The molecule has 1 aromatic rings. The maximum absolute atomic E-state index is 10.6. The van der Waals surface area contributed by atoms with Crippen LogP contribution < -0.4 is 4.74 Å². The van der Waals surface area contributed by atoms with E-state index < -0.39 is 5.60 Å². The van der Waals surface area contributed by atoms with E-state index in [9.17, 15) is 5.11 Å². The van der Waals surface area contributed by atoms with Crippen LogP contribution in [0.1, 0.15) is 44.6 Å². The summed E-state index contributed by atoms with van der Waals surface area (Å²) in [5.41, 5.74) is 0.701. The molecule has 2 heterocycles. The molecule has 2 saturated heterocycles. The zero-order chi connectivity index (χ0) is 16.3. The highest BCUT2D eigenvalue weighted by Crippen LogP contribution is 2.41. The van der Waals surface area contributed by atoms with E-state index in [1.165, 1.54) is 5.56 Å². The van der Waals surface area contributed by atoms with Crippen molar-refractivity contribution in [3.63, 3.8) is 0 Å². The summed E-state index contributed by atoms with van der Waals surface area (Å²) >= 11 is 0. The minimum absolute atomic E-state index is 0.0978. The van der Waals surface area contributed by atoms with Crippen LogP contribution in [-0.2, 0) is 11.3 Å².